The molecule has 1 amide bonds. The molecular weight excluding hydrogens is 351 g/mol. The molecule has 7 heteroatoms. The van der Waals surface area contributed by atoms with Gasteiger partial charge in [-0.1, -0.05) is 30.3 Å². The van der Waals surface area contributed by atoms with E-state index in [9.17, 15) is 18.0 Å². The van der Waals surface area contributed by atoms with Crippen LogP contribution in [0.25, 0.3) is 0 Å². The maximum Gasteiger partial charge on any atom is 0.419 e. The Morgan fingerprint density at radius 2 is 1.84 bits per heavy atom. The summed E-state index contributed by atoms with van der Waals surface area (Å²) in [6, 6.07) is 11.9. The summed E-state index contributed by atoms with van der Waals surface area (Å²) in [5.74, 6) is -0.245. The van der Waals surface area contributed by atoms with Crippen LogP contribution < -0.4 is 10.1 Å². The number of nitrogens with one attached hydrogen (secondary N) is 1. The number of alkyl halides is 3. The molecule has 2 aromatic rings. The molecule has 0 aliphatic rings. The van der Waals surface area contributed by atoms with Crippen molar-refractivity contribution < 1.29 is 22.7 Å². The van der Waals surface area contributed by atoms with Crippen molar-refractivity contribution in [3.63, 3.8) is 0 Å². The van der Waals surface area contributed by atoms with Crippen LogP contribution in [0.2, 0.25) is 0 Å². The topological polar surface area (TPSA) is 38.3 Å². The van der Waals surface area contributed by atoms with Crippen LogP contribution in [-0.4, -0.2) is 18.3 Å². The van der Waals surface area contributed by atoms with Crippen LogP contribution in [0.1, 0.15) is 5.56 Å². The van der Waals surface area contributed by atoms with Gasteiger partial charge in [-0.2, -0.15) is 13.2 Å². The van der Waals surface area contributed by atoms with Gasteiger partial charge in [-0.05, 0) is 24.3 Å². The van der Waals surface area contributed by atoms with Crippen molar-refractivity contribution in [2.75, 3.05) is 17.7 Å². The number of thioether (sulfide) groups is 1. The maximum absolute atomic E-state index is 12.9. The number of amides is 1. The molecule has 0 aromatic heterocycles. The van der Waals surface area contributed by atoms with Gasteiger partial charge in [0.1, 0.15) is 5.75 Å². The lowest BCUT2D eigenvalue weighted by atomic mass is 10.2. The van der Waals surface area contributed by atoms with E-state index in [-0.39, 0.29) is 5.75 Å². The molecule has 3 nitrogen and oxygen atoms in total. The van der Waals surface area contributed by atoms with Crippen LogP contribution in [0.4, 0.5) is 18.9 Å². The second-order valence-corrected chi connectivity index (χ2v) is 5.99. The van der Waals surface area contributed by atoms with Crippen molar-refractivity contribution in [1.82, 2.24) is 0 Å². The van der Waals surface area contributed by atoms with Crippen molar-refractivity contribution in [1.29, 1.82) is 0 Å². The minimum absolute atomic E-state index is 0.375. The van der Waals surface area contributed by atoms with E-state index in [4.69, 9.17) is 4.74 Å². The lowest BCUT2D eigenvalue weighted by Gasteiger charge is -2.14. The highest BCUT2D eigenvalue weighted by atomic mass is 32.2. The number of hydrogen-bond acceptors (Lipinski definition) is 3. The SMILES string of the molecule is C=CCSc1ccccc1NC(=O)COc1ccccc1C(F)(F)F. The zero-order valence-corrected chi connectivity index (χ0v) is 14.0. The molecule has 0 fully saturated rings. The summed E-state index contributed by atoms with van der Waals surface area (Å²) < 4.78 is 43.8. The van der Waals surface area contributed by atoms with Gasteiger partial charge in [-0.25, -0.2) is 0 Å². The summed E-state index contributed by atoms with van der Waals surface area (Å²) in [7, 11) is 0. The van der Waals surface area contributed by atoms with Gasteiger partial charge >= 0.3 is 6.18 Å². The van der Waals surface area contributed by atoms with Crippen LogP contribution in [0.15, 0.2) is 66.1 Å². The molecule has 132 valence electrons. The predicted molar refractivity (Wildman–Crippen MR) is 92.9 cm³/mol. The first kappa shape index (κ1) is 18.9. The van der Waals surface area contributed by atoms with Crippen LogP contribution in [0.5, 0.6) is 5.75 Å². The van der Waals surface area contributed by atoms with Crippen molar-refractivity contribution in [2.45, 2.75) is 11.1 Å². The van der Waals surface area contributed by atoms with Crippen molar-refractivity contribution in [2.24, 2.45) is 0 Å². The highest BCUT2D eigenvalue weighted by molar-refractivity contribution is 7.99. The minimum atomic E-state index is -4.54. The molecule has 0 unspecified atom stereocenters. The third-order valence-electron chi connectivity index (χ3n) is 3.07. The van der Waals surface area contributed by atoms with Gasteiger partial charge in [0, 0.05) is 10.6 Å². The molecule has 0 bridgehead atoms. The molecule has 0 heterocycles. The first-order chi connectivity index (χ1) is 11.9. The monoisotopic (exact) mass is 367 g/mol. The molecule has 0 spiro atoms. The summed E-state index contributed by atoms with van der Waals surface area (Å²) in [5, 5.41) is 2.65. The van der Waals surface area contributed by atoms with Crippen molar-refractivity contribution >= 4 is 23.4 Å². The predicted octanol–water partition coefficient (Wildman–Crippen LogP) is 5.00. The molecular formula is C18H16F3NO2S. The second-order valence-electron chi connectivity index (χ2n) is 4.93. The van der Waals surface area contributed by atoms with Crippen LogP contribution >= 0.6 is 11.8 Å². The Labute approximate surface area is 147 Å². The van der Waals surface area contributed by atoms with Crippen LogP contribution in [0.3, 0.4) is 0 Å². The Morgan fingerprint density at radius 1 is 1.16 bits per heavy atom. The fraction of sp³-hybridized carbons (Fsp3) is 0.167. The smallest absolute Gasteiger partial charge is 0.419 e. The molecule has 0 aliphatic carbocycles. The molecule has 0 radical (unpaired) electrons. The van der Waals surface area contributed by atoms with E-state index >= 15 is 0 Å². The standard InChI is InChI=1S/C18H16F3NO2S/c1-2-11-25-16-10-6-4-8-14(16)22-17(23)12-24-15-9-5-3-7-13(15)18(19,20)21/h2-10H,1,11-12H2,(H,22,23). The highest BCUT2D eigenvalue weighted by Gasteiger charge is 2.34. The summed E-state index contributed by atoms with van der Waals surface area (Å²) >= 11 is 1.49. The number of hydrogen-bond donors (Lipinski definition) is 1. The van der Waals surface area contributed by atoms with E-state index < -0.39 is 24.3 Å². The quantitative estimate of drug-likeness (QED) is 0.553. The van der Waals surface area contributed by atoms with Gasteiger partial charge in [0.2, 0.25) is 0 Å². The molecule has 0 atom stereocenters. The lowest BCUT2D eigenvalue weighted by Crippen LogP contribution is -2.21. The minimum Gasteiger partial charge on any atom is -0.483 e. The fourth-order valence-corrected chi connectivity index (χ4v) is 2.75. The number of benzene rings is 2. The second kappa shape index (κ2) is 8.62. The van der Waals surface area contributed by atoms with Gasteiger partial charge in [0.05, 0.1) is 11.3 Å². The maximum atomic E-state index is 12.9. The summed E-state index contributed by atoms with van der Waals surface area (Å²) in [6.45, 7) is 3.12. The van der Waals surface area contributed by atoms with Gasteiger partial charge in [-0.3, -0.25) is 4.79 Å². The Morgan fingerprint density at radius 3 is 2.56 bits per heavy atom. The Balaban J connectivity index is 2.02. The Kier molecular flexibility index (Phi) is 6.52. The molecule has 1 N–H and O–H groups in total. The van der Waals surface area contributed by atoms with Gasteiger partial charge in [-0.15, -0.1) is 18.3 Å². The number of carbonyl (C=O) groups is 1. The first-order valence-corrected chi connectivity index (χ1v) is 8.32. The zero-order chi connectivity index (χ0) is 18.3. The van der Waals surface area contributed by atoms with E-state index in [2.05, 4.69) is 11.9 Å². The molecule has 25 heavy (non-hydrogen) atoms. The summed E-state index contributed by atoms with van der Waals surface area (Å²) in [5.41, 5.74) is -0.336. The number of halogens is 3. The third-order valence-corrected chi connectivity index (χ3v) is 4.14. The van der Waals surface area contributed by atoms with Crippen LogP contribution in [-0.2, 0) is 11.0 Å². The Hall–Kier alpha value is -2.41. The summed E-state index contributed by atoms with van der Waals surface area (Å²) in [4.78, 5) is 12.9. The van der Waals surface area contributed by atoms with Crippen LogP contribution in [0, 0.1) is 0 Å². The first-order valence-electron chi connectivity index (χ1n) is 7.33. The fourth-order valence-electron chi connectivity index (χ4n) is 2.00. The molecule has 2 aromatic carbocycles. The highest BCUT2D eigenvalue weighted by Crippen LogP contribution is 2.35. The summed E-state index contributed by atoms with van der Waals surface area (Å²) in [6.07, 6.45) is -2.80. The molecule has 0 saturated heterocycles. The molecule has 0 aliphatic heterocycles. The number of ether oxygens (including phenoxy) is 1. The van der Waals surface area contributed by atoms with E-state index in [0.717, 1.165) is 11.0 Å². The number of para-hydroxylation sites is 2. The normalized spacial score (nSPS) is 11.0. The molecule has 2 rings (SSSR count). The number of anilines is 1. The zero-order valence-electron chi connectivity index (χ0n) is 13.2. The van der Waals surface area contributed by atoms with E-state index in [0.29, 0.717) is 11.4 Å². The van der Waals surface area contributed by atoms with Gasteiger partial charge in [0.15, 0.2) is 6.61 Å². The molecule has 0 saturated carbocycles. The Bertz CT molecular complexity index is 747. The third kappa shape index (κ3) is 5.56. The van der Waals surface area contributed by atoms with E-state index in [1.165, 1.54) is 30.0 Å². The number of rotatable bonds is 7. The van der Waals surface area contributed by atoms with Gasteiger partial charge in [0.25, 0.3) is 5.91 Å². The van der Waals surface area contributed by atoms with Gasteiger partial charge < -0.3 is 10.1 Å². The number of carbonyl (C=O) groups excluding carboxylic acids is 1. The average Bonchev–Trinajstić information content (AvgIpc) is 2.58. The van der Waals surface area contributed by atoms with Crippen molar-refractivity contribution in [3.8, 4) is 5.75 Å². The van der Waals surface area contributed by atoms with Crippen molar-refractivity contribution in [3.05, 3.63) is 66.7 Å². The van der Waals surface area contributed by atoms with E-state index in [1.54, 1.807) is 18.2 Å². The largest absolute Gasteiger partial charge is 0.483 e. The van der Waals surface area contributed by atoms with E-state index in [1.807, 2.05) is 12.1 Å². The lowest BCUT2D eigenvalue weighted by molar-refractivity contribution is -0.139. The average molecular weight is 367 g/mol.